The highest BCUT2D eigenvalue weighted by molar-refractivity contribution is 7.22. The molecule has 1 amide bonds. The Morgan fingerprint density at radius 2 is 1.96 bits per heavy atom. The second-order valence-electron chi connectivity index (χ2n) is 6.56. The van der Waals surface area contributed by atoms with E-state index >= 15 is 0 Å². The van der Waals surface area contributed by atoms with Crippen LogP contribution in [-0.4, -0.2) is 40.3 Å². The van der Waals surface area contributed by atoms with Crippen LogP contribution in [-0.2, 0) is 4.79 Å². The minimum atomic E-state index is -0.00589. The summed E-state index contributed by atoms with van der Waals surface area (Å²) in [5.74, 6) is -0.00589. The molecule has 0 saturated carbocycles. The third-order valence-electron chi connectivity index (χ3n) is 3.81. The van der Waals surface area contributed by atoms with Crippen molar-refractivity contribution in [2.24, 2.45) is 0 Å². The number of fused-ring (bicyclic) bond motifs is 1. The van der Waals surface area contributed by atoms with E-state index in [2.05, 4.69) is 29.5 Å². The number of anilines is 1. The topological polar surface area (TPSA) is 63.1 Å². The number of nitrogens with one attached hydrogen (secondary N) is 1. The van der Waals surface area contributed by atoms with Gasteiger partial charge < -0.3 is 10.2 Å². The molecule has 0 bridgehead atoms. The van der Waals surface area contributed by atoms with E-state index in [1.165, 1.54) is 5.56 Å². The molecule has 7 heteroatoms. The Balaban J connectivity index is 1.91. The zero-order valence-electron chi connectivity index (χ0n) is 15.2. The normalized spacial score (nSPS) is 11.3. The molecular formula is C18H23N5OS. The number of hydrogen-bond acceptors (Lipinski definition) is 5. The van der Waals surface area contributed by atoms with Crippen LogP contribution in [0.2, 0.25) is 0 Å². The van der Waals surface area contributed by atoms with Crippen LogP contribution in [0.15, 0.2) is 24.3 Å². The van der Waals surface area contributed by atoms with Gasteiger partial charge in [0.25, 0.3) is 0 Å². The summed E-state index contributed by atoms with van der Waals surface area (Å²) >= 11 is 1.56. The van der Waals surface area contributed by atoms with E-state index < -0.39 is 0 Å². The van der Waals surface area contributed by atoms with Crippen molar-refractivity contribution in [3.8, 4) is 5.69 Å². The van der Waals surface area contributed by atoms with Crippen LogP contribution in [0.5, 0.6) is 0 Å². The highest BCUT2D eigenvalue weighted by Gasteiger charge is 2.18. The van der Waals surface area contributed by atoms with Crippen molar-refractivity contribution in [2.75, 3.05) is 18.5 Å². The van der Waals surface area contributed by atoms with Gasteiger partial charge in [-0.15, -0.1) is 0 Å². The Morgan fingerprint density at radius 3 is 2.60 bits per heavy atom. The Bertz CT molecular complexity index is 894. The van der Waals surface area contributed by atoms with Crippen molar-refractivity contribution >= 4 is 32.7 Å². The molecule has 0 unspecified atom stereocenters. The fourth-order valence-corrected chi connectivity index (χ4v) is 3.55. The van der Waals surface area contributed by atoms with Crippen molar-refractivity contribution in [3.05, 3.63) is 35.5 Å². The second-order valence-corrected chi connectivity index (χ2v) is 7.54. The number of thiazole rings is 1. The van der Waals surface area contributed by atoms with E-state index in [1.807, 2.05) is 49.5 Å². The molecule has 25 heavy (non-hydrogen) atoms. The lowest BCUT2D eigenvalue weighted by Crippen LogP contribution is -2.38. The van der Waals surface area contributed by atoms with Crippen LogP contribution in [0.4, 0.5) is 5.13 Å². The lowest BCUT2D eigenvalue weighted by Gasteiger charge is -2.16. The van der Waals surface area contributed by atoms with Crippen LogP contribution in [0.1, 0.15) is 25.1 Å². The Hall–Kier alpha value is -2.41. The Labute approximate surface area is 151 Å². The van der Waals surface area contributed by atoms with Gasteiger partial charge in [0.2, 0.25) is 5.91 Å². The summed E-state index contributed by atoms with van der Waals surface area (Å²) < 4.78 is 2.92. The number of carbonyl (C=O) groups excluding carboxylic acids is 1. The zero-order chi connectivity index (χ0) is 18.1. The van der Waals surface area contributed by atoms with Gasteiger partial charge >= 0.3 is 0 Å². The molecule has 3 aromatic rings. The monoisotopic (exact) mass is 357 g/mol. The van der Waals surface area contributed by atoms with E-state index in [4.69, 9.17) is 4.98 Å². The van der Waals surface area contributed by atoms with Crippen LogP contribution in [0.3, 0.4) is 0 Å². The minimum Gasteiger partial charge on any atom is -0.352 e. The molecule has 1 N–H and O–H groups in total. The number of likely N-dealkylation sites (N-methyl/N-ethyl adjacent to an activating group) is 1. The smallest absolute Gasteiger partial charge is 0.239 e. The van der Waals surface area contributed by atoms with E-state index in [-0.39, 0.29) is 18.5 Å². The largest absolute Gasteiger partial charge is 0.352 e. The van der Waals surface area contributed by atoms with Gasteiger partial charge in [-0.1, -0.05) is 29.0 Å². The minimum absolute atomic E-state index is 0.00589. The molecule has 1 aromatic carbocycles. The van der Waals surface area contributed by atoms with Gasteiger partial charge in [-0.3, -0.25) is 4.79 Å². The third kappa shape index (κ3) is 3.66. The van der Waals surface area contributed by atoms with E-state index in [9.17, 15) is 4.79 Å². The van der Waals surface area contributed by atoms with Crippen molar-refractivity contribution < 1.29 is 4.79 Å². The number of amides is 1. The molecule has 132 valence electrons. The first-order valence-corrected chi connectivity index (χ1v) is 9.10. The van der Waals surface area contributed by atoms with E-state index in [0.29, 0.717) is 0 Å². The average Bonchev–Trinajstić information content (AvgIpc) is 3.08. The molecule has 0 aliphatic heterocycles. The lowest BCUT2D eigenvalue weighted by atomic mass is 10.2. The Morgan fingerprint density at radius 1 is 1.28 bits per heavy atom. The molecule has 0 aliphatic rings. The van der Waals surface area contributed by atoms with E-state index in [0.717, 1.165) is 26.9 Å². The second kappa shape index (κ2) is 6.84. The molecular weight excluding hydrogens is 334 g/mol. The maximum Gasteiger partial charge on any atom is 0.239 e. The van der Waals surface area contributed by atoms with Gasteiger partial charge in [0.1, 0.15) is 0 Å². The van der Waals surface area contributed by atoms with Gasteiger partial charge in [-0.25, -0.2) is 4.68 Å². The maximum absolute atomic E-state index is 12.0. The standard InChI is InChI=1S/C18H23N5OS/c1-11(2)19-15(24)10-22(5)18-20-17-16(25-18)13(4)21-23(17)14-8-6-12(3)7-9-14/h6-9,11H,10H2,1-5H3,(H,19,24). The summed E-state index contributed by atoms with van der Waals surface area (Å²) in [6, 6.07) is 8.34. The molecule has 3 rings (SSSR count). The fourth-order valence-electron chi connectivity index (χ4n) is 2.60. The Kier molecular flexibility index (Phi) is 4.76. The first-order valence-electron chi connectivity index (χ1n) is 8.29. The molecule has 0 atom stereocenters. The van der Waals surface area contributed by atoms with Crippen molar-refractivity contribution in [3.63, 3.8) is 0 Å². The molecule has 2 heterocycles. The van der Waals surface area contributed by atoms with Crippen molar-refractivity contribution in [2.45, 2.75) is 33.7 Å². The van der Waals surface area contributed by atoms with Gasteiger partial charge in [0.15, 0.2) is 10.8 Å². The predicted octanol–water partition coefficient (Wildman–Crippen LogP) is 3.06. The summed E-state index contributed by atoms with van der Waals surface area (Å²) in [6.45, 7) is 8.24. The average molecular weight is 357 g/mol. The number of hydrogen-bond donors (Lipinski definition) is 1. The van der Waals surface area contributed by atoms with Crippen LogP contribution >= 0.6 is 11.3 Å². The highest BCUT2D eigenvalue weighted by Crippen LogP contribution is 2.31. The summed E-state index contributed by atoms with van der Waals surface area (Å²) in [7, 11) is 1.89. The maximum atomic E-state index is 12.0. The van der Waals surface area contributed by atoms with Gasteiger partial charge in [-0.2, -0.15) is 10.1 Å². The fraction of sp³-hybridized carbons (Fsp3) is 0.389. The van der Waals surface area contributed by atoms with Crippen LogP contribution < -0.4 is 10.2 Å². The van der Waals surface area contributed by atoms with Crippen molar-refractivity contribution in [1.82, 2.24) is 20.1 Å². The van der Waals surface area contributed by atoms with Gasteiger partial charge in [0.05, 0.1) is 22.6 Å². The molecule has 0 aliphatic carbocycles. The molecule has 2 aromatic heterocycles. The number of aromatic nitrogens is 3. The van der Waals surface area contributed by atoms with Gasteiger partial charge in [0, 0.05) is 13.1 Å². The number of nitrogens with zero attached hydrogens (tertiary/aromatic N) is 4. The van der Waals surface area contributed by atoms with Crippen LogP contribution in [0, 0.1) is 13.8 Å². The molecule has 0 radical (unpaired) electrons. The summed E-state index contributed by atoms with van der Waals surface area (Å²) in [5.41, 5.74) is 3.97. The first-order chi connectivity index (χ1) is 11.8. The first kappa shape index (κ1) is 17.4. The summed E-state index contributed by atoms with van der Waals surface area (Å²) in [4.78, 5) is 18.6. The number of benzene rings is 1. The lowest BCUT2D eigenvalue weighted by molar-refractivity contribution is -0.120. The molecule has 0 spiro atoms. The number of carbonyl (C=O) groups is 1. The quantitative estimate of drug-likeness (QED) is 0.762. The number of rotatable bonds is 5. The molecule has 0 fully saturated rings. The highest BCUT2D eigenvalue weighted by atomic mass is 32.1. The van der Waals surface area contributed by atoms with Crippen molar-refractivity contribution in [1.29, 1.82) is 0 Å². The van der Waals surface area contributed by atoms with Gasteiger partial charge in [-0.05, 0) is 39.8 Å². The zero-order valence-corrected chi connectivity index (χ0v) is 16.0. The SMILES string of the molecule is Cc1ccc(-n2nc(C)c3sc(N(C)CC(=O)NC(C)C)nc32)cc1. The van der Waals surface area contributed by atoms with E-state index in [1.54, 1.807) is 11.3 Å². The predicted molar refractivity (Wildman–Crippen MR) is 103 cm³/mol. The third-order valence-corrected chi connectivity index (χ3v) is 5.08. The molecule has 0 saturated heterocycles. The summed E-state index contributed by atoms with van der Waals surface area (Å²) in [5, 5.41) is 8.34. The van der Waals surface area contributed by atoms with Crippen LogP contribution in [0.25, 0.3) is 16.0 Å². The number of aryl methyl sites for hydroxylation is 2. The molecule has 6 nitrogen and oxygen atoms in total. The summed E-state index contributed by atoms with van der Waals surface area (Å²) in [6.07, 6.45) is 0.